The highest BCUT2D eigenvalue weighted by molar-refractivity contribution is 7.99. The maximum Gasteiger partial charge on any atom is 0.223 e. The van der Waals surface area contributed by atoms with E-state index in [0.29, 0.717) is 5.16 Å². The van der Waals surface area contributed by atoms with Gasteiger partial charge < -0.3 is 4.57 Å². The average Bonchev–Trinajstić information content (AvgIpc) is 2.58. The van der Waals surface area contributed by atoms with Crippen molar-refractivity contribution in [3.05, 3.63) is 29.7 Å². The van der Waals surface area contributed by atoms with Gasteiger partial charge >= 0.3 is 0 Å². The topological polar surface area (TPSA) is 43.6 Å². The van der Waals surface area contributed by atoms with Gasteiger partial charge in [-0.15, -0.1) is 0 Å². The molecule has 0 radical (unpaired) electrons. The Balaban J connectivity index is 2.32. The highest BCUT2D eigenvalue weighted by Gasteiger charge is 2.10. The number of imidazole rings is 1. The van der Waals surface area contributed by atoms with Crippen LogP contribution in [0.25, 0.3) is 0 Å². The molecule has 78 valence electrons. The highest BCUT2D eigenvalue weighted by atomic mass is 35.5. The molecule has 2 rings (SSSR count). The third-order valence-corrected chi connectivity index (χ3v) is 2.89. The van der Waals surface area contributed by atoms with Crippen LogP contribution in [0, 0.1) is 5.82 Å². The average molecular weight is 245 g/mol. The Kier molecular flexibility index (Phi) is 2.88. The van der Waals surface area contributed by atoms with Gasteiger partial charge in [-0.1, -0.05) is 0 Å². The zero-order valence-corrected chi connectivity index (χ0v) is 9.26. The smallest absolute Gasteiger partial charge is 0.223 e. The summed E-state index contributed by atoms with van der Waals surface area (Å²) in [4.78, 5) is 11.3. The predicted octanol–water partition coefficient (Wildman–Crippen LogP) is 2.15. The van der Waals surface area contributed by atoms with Gasteiger partial charge in [-0.05, 0) is 23.4 Å². The van der Waals surface area contributed by atoms with E-state index in [1.807, 2.05) is 7.05 Å². The molecular formula is C8H6ClFN4S. The lowest BCUT2D eigenvalue weighted by Gasteiger charge is -2.01. The van der Waals surface area contributed by atoms with Crippen molar-refractivity contribution in [1.82, 2.24) is 19.5 Å². The molecule has 0 spiro atoms. The van der Waals surface area contributed by atoms with E-state index in [9.17, 15) is 4.39 Å². The Hall–Kier alpha value is -1.14. The van der Waals surface area contributed by atoms with E-state index < -0.39 is 5.82 Å². The fourth-order valence-corrected chi connectivity index (χ4v) is 1.90. The molecule has 0 aliphatic heterocycles. The lowest BCUT2D eigenvalue weighted by atomic mass is 10.6. The maximum atomic E-state index is 13.3. The summed E-state index contributed by atoms with van der Waals surface area (Å²) in [5.41, 5.74) is 0. The number of aromatic nitrogens is 4. The summed E-state index contributed by atoms with van der Waals surface area (Å²) < 4.78 is 15.0. The zero-order chi connectivity index (χ0) is 10.8. The number of aryl methyl sites for hydroxylation is 1. The second kappa shape index (κ2) is 4.16. The summed E-state index contributed by atoms with van der Waals surface area (Å²) in [5, 5.41) is 0.834. The Morgan fingerprint density at radius 1 is 1.47 bits per heavy atom. The van der Waals surface area contributed by atoms with Gasteiger partial charge in [0.15, 0.2) is 11.0 Å². The molecule has 0 unspecified atom stereocenters. The quantitative estimate of drug-likeness (QED) is 0.600. The summed E-state index contributed by atoms with van der Waals surface area (Å²) in [7, 11) is 1.82. The van der Waals surface area contributed by atoms with Crippen molar-refractivity contribution >= 4 is 23.4 Å². The number of hydrogen-bond donors (Lipinski definition) is 0. The summed E-state index contributed by atoms with van der Waals surface area (Å²) in [6.45, 7) is 0. The molecule has 15 heavy (non-hydrogen) atoms. The summed E-state index contributed by atoms with van der Waals surface area (Å²) in [5.74, 6) is -0.507. The summed E-state index contributed by atoms with van der Waals surface area (Å²) >= 11 is 6.67. The molecule has 7 heteroatoms. The van der Waals surface area contributed by atoms with Crippen LogP contribution in [0.4, 0.5) is 4.39 Å². The SMILES string of the molecule is Cn1ccnc1Sc1nc(Cl)ncc1F. The molecule has 0 bridgehead atoms. The molecule has 0 amide bonds. The molecule has 0 N–H and O–H groups in total. The van der Waals surface area contributed by atoms with Gasteiger partial charge in [0, 0.05) is 19.4 Å². The van der Waals surface area contributed by atoms with Crippen LogP contribution in [0.5, 0.6) is 0 Å². The zero-order valence-electron chi connectivity index (χ0n) is 7.69. The van der Waals surface area contributed by atoms with E-state index in [2.05, 4.69) is 15.0 Å². The molecule has 0 fully saturated rings. The first-order chi connectivity index (χ1) is 7.16. The molecule has 0 atom stereocenters. The monoisotopic (exact) mass is 244 g/mol. The Bertz CT molecular complexity index is 487. The van der Waals surface area contributed by atoms with E-state index >= 15 is 0 Å². The van der Waals surface area contributed by atoms with E-state index in [1.165, 1.54) is 0 Å². The summed E-state index contributed by atoms with van der Waals surface area (Å²) in [6, 6.07) is 0. The molecule has 2 aromatic heterocycles. The fraction of sp³-hybridized carbons (Fsp3) is 0.125. The van der Waals surface area contributed by atoms with Gasteiger partial charge in [-0.2, -0.15) is 0 Å². The molecular weight excluding hydrogens is 239 g/mol. The van der Waals surface area contributed by atoms with Gasteiger partial charge in [0.1, 0.15) is 5.03 Å². The Morgan fingerprint density at radius 3 is 2.93 bits per heavy atom. The first kappa shape index (κ1) is 10.4. The van der Waals surface area contributed by atoms with E-state index in [-0.39, 0.29) is 10.3 Å². The molecule has 0 saturated carbocycles. The van der Waals surface area contributed by atoms with Crippen LogP contribution >= 0.6 is 23.4 Å². The second-order valence-corrected chi connectivity index (χ2v) is 4.01. The van der Waals surface area contributed by atoms with Gasteiger partial charge in [-0.25, -0.2) is 19.3 Å². The second-order valence-electron chi connectivity index (χ2n) is 2.71. The Morgan fingerprint density at radius 2 is 2.27 bits per heavy atom. The van der Waals surface area contributed by atoms with Crippen LogP contribution in [0.15, 0.2) is 28.8 Å². The minimum Gasteiger partial charge on any atom is -0.329 e. The van der Waals surface area contributed by atoms with Gasteiger partial charge in [0.2, 0.25) is 5.28 Å². The molecule has 0 aromatic carbocycles. The minimum atomic E-state index is -0.507. The third-order valence-electron chi connectivity index (χ3n) is 1.65. The fourth-order valence-electron chi connectivity index (χ4n) is 0.940. The lowest BCUT2D eigenvalue weighted by Crippen LogP contribution is -1.94. The van der Waals surface area contributed by atoms with Crippen LogP contribution in [0.3, 0.4) is 0 Å². The van der Waals surface area contributed by atoms with Gasteiger partial charge in [0.05, 0.1) is 6.20 Å². The summed E-state index contributed by atoms with van der Waals surface area (Å²) in [6.07, 6.45) is 4.44. The van der Waals surface area contributed by atoms with Crippen molar-refractivity contribution in [1.29, 1.82) is 0 Å². The maximum absolute atomic E-state index is 13.3. The largest absolute Gasteiger partial charge is 0.329 e. The number of hydrogen-bond acceptors (Lipinski definition) is 4. The van der Waals surface area contributed by atoms with Crippen molar-refractivity contribution in [3.8, 4) is 0 Å². The van der Waals surface area contributed by atoms with Crippen LogP contribution < -0.4 is 0 Å². The Labute approximate surface area is 94.5 Å². The van der Waals surface area contributed by atoms with Gasteiger partial charge in [0.25, 0.3) is 0 Å². The first-order valence-electron chi connectivity index (χ1n) is 4.00. The van der Waals surface area contributed by atoms with Crippen LogP contribution in [0.1, 0.15) is 0 Å². The molecule has 2 heterocycles. The highest BCUT2D eigenvalue weighted by Crippen LogP contribution is 2.26. The molecule has 2 aromatic rings. The normalized spacial score (nSPS) is 10.6. The van der Waals surface area contributed by atoms with Crippen LogP contribution in [0.2, 0.25) is 5.28 Å². The molecule has 0 saturated heterocycles. The van der Waals surface area contributed by atoms with Crippen molar-refractivity contribution in [2.24, 2.45) is 7.05 Å². The molecule has 0 aliphatic carbocycles. The minimum absolute atomic E-state index is 0.0214. The van der Waals surface area contributed by atoms with Crippen molar-refractivity contribution in [2.45, 2.75) is 10.2 Å². The van der Waals surface area contributed by atoms with Crippen LogP contribution in [-0.2, 0) is 7.05 Å². The van der Waals surface area contributed by atoms with Gasteiger partial charge in [-0.3, -0.25) is 0 Å². The van der Waals surface area contributed by atoms with Crippen molar-refractivity contribution in [3.63, 3.8) is 0 Å². The number of halogens is 2. The first-order valence-corrected chi connectivity index (χ1v) is 5.19. The van der Waals surface area contributed by atoms with Crippen molar-refractivity contribution < 1.29 is 4.39 Å². The number of rotatable bonds is 2. The third kappa shape index (κ3) is 2.27. The standard InChI is InChI=1S/C8H6ClFN4S/c1-14-3-2-11-8(14)15-6-5(10)4-12-7(9)13-6/h2-4H,1H3. The number of nitrogens with zero attached hydrogens (tertiary/aromatic N) is 4. The van der Waals surface area contributed by atoms with E-state index in [0.717, 1.165) is 18.0 Å². The molecule has 0 aliphatic rings. The predicted molar refractivity (Wildman–Crippen MR) is 54.3 cm³/mol. The van der Waals surface area contributed by atoms with Crippen molar-refractivity contribution in [2.75, 3.05) is 0 Å². The van der Waals surface area contributed by atoms with Crippen LogP contribution in [-0.4, -0.2) is 19.5 Å². The van der Waals surface area contributed by atoms with E-state index in [4.69, 9.17) is 11.6 Å². The lowest BCUT2D eigenvalue weighted by molar-refractivity contribution is 0.578. The molecule has 4 nitrogen and oxygen atoms in total. The van der Waals surface area contributed by atoms with E-state index in [1.54, 1.807) is 17.0 Å².